The smallest absolute Gasteiger partial charge is 0.370 e. The number of rotatable bonds is 6. The fourth-order valence-electron chi connectivity index (χ4n) is 0.698. The summed E-state index contributed by atoms with van der Waals surface area (Å²) in [7, 11) is -4.07. The standard InChI is InChI=1S/C5H15N4O3P/c6-5(7)8-3-1-2-4-9-13(10,11)12/h1-4H2,(H4,6,7,8)(H3,9,10,11,12). The number of hydrogen-bond donors (Lipinski definition) is 6. The summed E-state index contributed by atoms with van der Waals surface area (Å²) in [5.74, 6) is -0.0945. The third-order valence-electron chi connectivity index (χ3n) is 1.24. The van der Waals surface area contributed by atoms with Gasteiger partial charge in [0.1, 0.15) is 0 Å². The molecule has 0 amide bonds. The van der Waals surface area contributed by atoms with Gasteiger partial charge in [-0.05, 0) is 12.8 Å². The van der Waals surface area contributed by atoms with Gasteiger partial charge in [0.15, 0.2) is 5.96 Å². The van der Waals surface area contributed by atoms with Crippen molar-refractivity contribution in [3.05, 3.63) is 0 Å². The zero-order valence-electron chi connectivity index (χ0n) is 7.16. The predicted molar refractivity (Wildman–Crippen MR) is 49.2 cm³/mol. The van der Waals surface area contributed by atoms with Crippen LogP contribution in [0.5, 0.6) is 0 Å². The van der Waals surface area contributed by atoms with Crippen LogP contribution in [0.3, 0.4) is 0 Å². The Bertz CT molecular complexity index is 204. The van der Waals surface area contributed by atoms with Gasteiger partial charge >= 0.3 is 7.75 Å². The van der Waals surface area contributed by atoms with E-state index in [1.165, 1.54) is 0 Å². The van der Waals surface area contributed by atoms with Gasteiger partial charge in [0.25, 0.3) is 0 Å². The topological polar surface area (TPSA) is 131 Å². The van der Waals surface area contributed by atoms with Gasteiger partial charge in [0.2, 0.25) is 0 Å². The van der Waals surface area contributed by atoms with Crippen molar-refractivity contribution in [3.8, 4) is 0 Å². The molecule has 0 aliphatic carbocycles. The summed E-state index contributed by atoms with van der Waals surface area (Å²) in [5, 5.41) is 11.4. The zero-order valence-corrected chi connectivity index (χ0v) is 8.05. The SMILES string of the molecule is N=C(N)NCCCCNP(=O)(O)O. The van der Waals surface area contributed by atoms with Gasteiger partial charge < -0.3 is 20.8 Å². The molecule has 0 rings (SSSR count). The lowest BCUT2D eigenvalue weighted by molar-refractivity contribution is 0.356. The number of hydrogen-bond acceptors (Lipinski definition) is 2. The van der Waals surface area contributed by atoms with E-state index in [1.54, 1.807) is 0 Å². The van der Waals surface area contributed by atoms with E-state index in [4.69, 9.17) is 20.9 Å². The number of unbranched alkanes of at least 4 members (excludes halogenated alkanes) is 1. The molecule has 0 spiro atoms. The molecule has 8 heteroatoms. The zero-order chi connectivity index (χ0) is 10.3. The van der Waals surface area contributed by atoms with Crippen LogP contribution in [0.4, 0.5) is 0 Å². The van der Waals surface area contributed by atoms with Crippen LogP contribution in [0.2, 0.25) is 0 Å². The van der Waals surface area contributed by atoms with Crippen LogP contribution in [0.1, 0.15) is 12.8 Å². The molecule has 0 atom stereocenters. The van der Waals surface area contributed by atoms with E-state index in [0.717, 1.165) is 0 Å². The molecule has 0 aromatic rings. The fraction of sp³-hybridized carbons (Fsp3) is 0.800. The van der Waals surface area contributed by atoms with Crippen molar-refractivity contribution in [3.63, 3.8) is 0 Å². The summed E-state index contributed by atoms with van der Waals surface area (Å²) in [6, 6.07) is 0. The van der Waals surface area contributed by atoms with Crippen molar-refractivity contribution >= 4 is 13.7 Å². The van der Waals surface area contributed by atoms with Crippen LogP contribution in [0, 0.1) is 5.41 Å². The number of nitrogens with two attached hydrogens (primary N) is 1. The second kappa shape index (κ2) is 5.93. The number of nitrogens with one attached hydrogen (secondary N) is 3. The molecule has 0 saturated heterocycles. The molecule has 0 bridgehead atoms. The second-order valence-corrected chi connectivity index (χ2v) is 3.90. The van der Waals surface area contributed by atoms with Crippen molar-refractivity contribution in [2.75, 3.05) is 13.1 Å². The molecule has 0 fully saturated rings. The van der Waals surface area contributed by atoms with Crippen LogP contribution in [0.25, 0.3) is 0 Å². The van der Waals surface area contributed by atoms with Gasteiger partial charge in [-0.15, -0.1) is 0 Å². The molecule has 13 heavy (non-hydrogen) atoms. The van der Waals surface area contributed by atoms with Crippen molar-refractivity contribution < 1.29 is 14.4 Å². The first-order valence-electron chi connectivity index (χ1n) is 3.80. The number of guanidine groups is 1. The van der Waals surface area contributed by atoms with Gasteiger partial charge in [0, 0.05) is 13.1 Å². The molecule has 0 aliphatic heterocycles. The lowest BCUT2D eigenvalue weighted by atomic mass is 10.3. The highest BCUT2D eigenvalue weighted by Gasteiger charge is 2.09. The highest BCUT2D eigenvalue weighted by molar-refractivity contribution is 7.49. The average Bonchev–Trinajstić information content (AvgIpc) is 1.93. The third kappa shape index (κ3) is 11.4. The van der Waals surface area contributed by atoms with Gasteiger partial charge in [-0.2, -0.15) is 0 Å². The van der Waals surface area contributed by atoms with Crippen LogP contribution in [0.15, 0.2) is 0 Å². The summed E-state index contributed by atoms with van der Waals surface area (Å²) in [6.07, 6.45) is 1.32. The Balaban J connectivity index is 3.18. The van der Waals surface area contributed by atoms with E-state index in [-0.39, 0.29) is 12.5 Å². The summed E-state index contributed by atoms with van der Waals surface area (Å²) in [4.78, 5) is 16.8. The summed E-state index contributed by atoms with van der Waals surface area (Å²) in [6.45, 7) is 0.794. The molecular formula is C5H15N4O3P. The summed E-state index contributed by atoms with van der Waals surface area (Å²) < 4.78 is 10.3. The summed E-state index contributed by atoms with van der Waals surface area (Å²) in [5.41, 5.74) is 5.01. The minimum absolute atomic E-state index is 0.0945. The monoisotopic (exact) mass is 210 g/mol. The third-order valence-corrected chi connectivity index (χ3v) is 1.87. The van der Waals surface area contributed by atoms with Crippen LogP contribution in [-0.2, 0) is 4.57 Å². The van der Waals surface area contributed by atoms with Gasteiger partial charge in [-0.25, -0.2) is 9.65 Å². The summed E-state index contributed by atoms with van der Waals surface area (Å²) >= 11 is 0. The van der Waals surface area contributed by atoms with Crippen molar-refractivity contribution in [2.24, 2.45) is 5.73 Å². The molecule has 0 aromatic heterocycles. The highest BCUT2D eigenvalue weighted by Crippen LogP contribution is 2.27. The highest BCUT2D eigenvalue weighted by atomic mass is 31.2. The van der Waals surface area contributed by atoms with Crippen molar-refractivity contribution in [1.29, 1.82) is 5.41 Å². The van der Waals surface area contributed by atoms with E-state index in [2.05, 4.69) is 10.4 Å². The molecule has 0 saturated carbocycles. The van der Waals surface area contributed by atoms with Crippen LogP contribution < -0.4 is 16.1 Å². The normalized spacial score (nSPS) is 11.2. The fourth-order valence-corrected chi connectivity index (χ4v) is 1.15. The first-order chi connectivity index (χ1) is 5.92. The molecular weight excluding hydrogens is 195 g/mol. The van der Waals surface area contributed by atoms with E-state index in [1.807, 2.05) is 0 Å². The second-order valence-electron chi connectivity index (χ2n) is 2.50. The first kappa shape index (κ1) is 12.4. The Labute approximate surface area is 76.4 Å². The molecule has 0 radical (unpaired) electrons. The molecule has 0 aliphatic rings. The van der Waals surface area contributed by atoms with E-state index >= 15 is 0 Å². The quantitative estimate of drug-likeness (QED) is 0.143. The minimum atomic E-state index is -4.07. The first-order valence-corrected chi connectivity index (χ1v) is 5.41. The maximum Gasteiger partial charge on any atom is 0.400 e. The maximum absolute atomic E-state index is 10.3. The molecule has 0 aromatic carbocycles. The molecule has 0 heterocycles. The lowest BCUT2D eigenvalue weighted by Crippen LogP contribution is -2.31. The Morgan fingerprint density at radius 1 is 1.38 bits per heavy atom. The molecule has 0 unspecified atom stereocenters. The Kier molecular flexibility index (Phi) is 5.65. The molecule has 78 valence electrons. The van der Waals surface area contributed by atoms with Gasteiger partial charge in [-0.3, -0.25) is 5.41 Å². The van der Waals surface area contributed by atoms with Crippen LogP contribution >= 0.6 is 7.75 Å². The Morgan fingerprint density at radius 2 is 1.92 bits per heavy atom. The minimum Gasteiger partial charge on any atom is -0.370 e. The van der Waals surface area contributed by atoms with Crippen molar-refractivity contribution in [1.82, 2.24) is 10.4 Å². The maximum atomic E-state index is 10.3. The molecule has 7 N–H and O–H groups in total. The van der Waals surface area contributed by atoms with Crippen LogP contribution in [-0.4, -0.2) is 28.8 Å². The largest absolute Gasteiger partial charge is 0.400 e. The van der Waals surface area contributed by atoms with E-state index < -0.39 is 7.75 Å². The average molecular weight is 210 g/mol. The Morgan fingerprint density at radius 3 is 2.38 bits per heavy atom. The van der Waals surface area contributed by atoms with E-state index in [0.29, 0.717) is 19.4 Å². The Hall–Kier alpha value is -0.620. The molecule has 7 nitrogen and oxygen atoms in total. The van der Waals surface area contributed by atoms with Crippen molar-refractivity contribution in [2.45, 2.75) is 12.8 Å². The van der Waals surface area contributed by atoms with E-state index in [9.17, 15) is 4.57 Å². The van der Waals surface area contributed by atoms with Gasteiger partial charge in [-0.1, -0.05) is 0 Å². The predicted octanol–water partition coefficient (Wildman–Crippen LogP) is -1.07. The van der Waals surface area contributed by atoms with Gasteiger partial charge in [0.05, 0.1) is 0 Å². The lowest BCUT2D eigenvalue weighted by Gasteiger charge is -2.06.